The second-order valence-corrected chi connectivity index (χ2v) is 11.9. The third kappa shape index (κ3) is 10.5. The first kappa shape index (κ1) is 13.6. The van der Waals surface area contributed by atoms with Crippen molar-refractivity contribution in [3.63, 3.8) is 0 Å². The number of carbonyl (C=O) groups excluding carboxylic acids is 1. The Labute approximate surface area is 93.6 Å². The van der Waals surface area contributed by atoms with E-state index in [-0.39, 0.29) is 6.04 Å². The summed E-state index contributed by atoms with van der Waals surface area (Å²) in [5, 5.41) is 0. The number of esters is 1. The van der Waals surface area contributed by atoms with E-state index in [4.69, 9.17) is 38.0 Å². The molecule has 0 fully saturated rings. The van der Waals surface area contributed by atoms with Gasteiger partial charge in [0.2, 0.25) is 0 Å². The number of unbranched alkanes of at least 4 members (excludes halogenated alkanes) is 2. The molecule has 0 radical (unpaired) electrons. The van der Waals surface area contributed by atoms with E-state index in [9.17, 15) is 4.79 Å². The normalized spacial score (nSPS) is 11.4. The summed E-state index contributed by atoms with van der Waals surface area (Å²) in [5.74, 6) is -0.400. The number of rotatable bonds is 6. The first-order valence-corrected chi connectivity index (χ1v) is 9.42. The number of hydrogen-bond acceptors (Lipinski definition) is 2. The van der Waals surface area contributed by atoms with Gasteiger partial charge in [-0.15, -0.1) is 33.2 Å². The van der Waals surface area contributed by atoms with Crippen molar-refractivity contribution in [2.45, 2.75) is 32.2 Å². The van der Waals surface area contributed by atoms with Gasteiger partial charge in [-0.2, -0.15) is 0 Å². The van der Waals surface area contributed by atoms with Gasteiger partial charge in [0.15, 0.2) is 0 Å². The van der Waals surface area contributed by atoms with E-state index in [0.717, 1.165) is 19.3 Å². The van der Waals surface area contributed by atoms with Crippen LogP contribution >= 0.6 is 33.2 Å². The minimum atomic E-state index is -2.85. The highest BCUT2D eigenvalue weighted by molar-refractivity contribution is 7.65. The van der Waals surface area contributed by atoms with Gasteiger partial charge in [0, 0.05) is 0 Å². The van der Waals surface area contributed by atoms with E-state index in [1.54, 1.807) is 0 Å². The van der Waals surface area contributed by atoms with Gasteiger partial charge < -0.3 is 4.74 Å². The minimum absolute atomic E-state index is 0.0518. The van der Waals surface area contributed by atoms with Gasteiger partial charge in [0.1, 0.15) is 0 Å². The predicted octanol–water partition coefficient (Wildman–Crippen LogP) is 3.38. The van der Waals surface area contributed by atoms with Crippen LogP contribution in [-0.2, 0) is 9.53 Å². The lowest BCUT2D eigenvalue weighted by Crippen LogP contribution is -2.18. The molecule has 78 valence electrons. The number of halogens is 3. The fourth-order valence-corrected chi connectivity index (χ4v) is 2.16. The molecule has 0 amide bonds. The number of ether oxygens (including phenoxy) is 1. The molecule has 6 heteroatoms. The molecule has 0 atom stereocenters. The summed E-state index contributed by atoms with van der Waals surface area (Å²) in [7, 11) is 0. The summed E-state index contributed by atoms with van der Waals surface area (Å²) in [6, 6.07) is -2.90. The third-order valence-electron chi connectivity index (χ3n) is 1.36. The summed E-state index contributed by atoms with van der Waals surface area (Å²) in [4.78, 5) is 11.0. The Balaban J connectivity index is 3.41. The third-order valence-corrected chi connectivity index (χ3v) is 3.25. The van der Waals surface area contributed by atoms with Gasteiger partial charge in [-0.05, 0) is 6.42 Å². The van der Waals surface area contributed by atoms with Crippen molar-refractivity contribution in [2.75, 3.05) is 6.61 Å². The van der Waals surface area contributed by atoms with Gasteiger partial charge >= 0.3 is 12.0 Å². The molecular formula is C7H13Cl3O2Si. The van der Waals surface area contributed by atoms with E-state index in [1.807, 2.05) is 0 Å². The molecule has 0 saturated heterocycles. The Kier molecular flexibility index (Phi) is 7.23. The lowest BCUT2D eigenvalue weighted by Gasteiger charge is -2.07. The Hall–Kier alpha value is 0.557. The highest BCUT2D eigenvalue weighted by Crippen LogP contribution is 2.25. The Bertz CT molecular complexity index is 158. The zero-order valence-corrected chi connectivity index (χ0v) is 10.8. The van der Waals surface area contributed by atoms with Crippen molar-refractivity contribution in [2.24, 2.45) is 0 Å². The molecule has 0 heterocycles. The molecule has 0 bridgehead atoms. The van der Waals surface area contributed by atoms with Crippen molar-refractivity contribution >= 4 is 45.2 Å². The second-order valence-electron chi connectivity index (χ2n) is 2.72. The smallest absolute Gasteiger partial charge is 0.352 e. The maximum absolute atomic E-state index is 11.0. The molecule has 0 aliphatic rings. The summed E-state index contributed by atoms with van der Waals surface area (Å²) >= 11 is 16.6. The largest absolute Gasteiger partial charge is 0.466 e. The van der Waals surface area contributed by atoms with Crippen molar-refractivity contribution in [1.29, 1.82) is 0 Å². The molecule has 2 nitrogen and oxygen atoms in total. The predicted molar refractivity (Wildman–Crippen MR) is 58.6 cm³/mol. The van der Waals surface area contributed by atoms with Crippen LogP contribution in [0.5, 0.6) is 0 Å². The van der Waals surface area contributed by atoms with Crippen molar-refractivity contribution < 1.29 is 9.53 Å². The van der Waals surface area contributed by atoms with Crippen LogP contribution in [0.25, 0.3) is 0 Å². The van der Waals surface area contributed by atoms with Gasteiger partial charge in [0.05, 0.1) is 12.7 Å². The fraction of sp³-hybridized carbons (Fsp3) is 0.857. The summed E-state index contributed by atoms with van der Waals surface area (Å²) < 4.78 is 4.86. The molecule has 0 N–H and O–H groups in total. The molecule has 0 spiro atoms. The zero-order chi connectivity index (χ0) is 10.3. The maximum atomic E-state index is 11.0. The number of carbonyl (C=O) groups is 1. The van der Waals surface area contributed by atoms with Crippen LogP contribution in [0.1, 0.15) is 26.2 Å². The molecule has 0 saturated carbocycles. The molecule has 0 rings (SSSR count). The van der Waals surface area contributed by atoms with Crippen LogP contribution in [0, 0.1) is 0 Å². The fourth-order valence-electron chi connectivity index (χ4n) is 0.753. The van der Waals surface area contributed by atoms with Crippen molar-refractivity contribution in [3.05, 3.63) is 0 Å². The van der Waals surface area contributed by atoms with Crippen LogP contribution in [-0.4, -0.2) is 18.6 Å². The van der Waals surface area contributed by atoms with Gasteiger partial charge in [-0.1, -0.05) is 19.8 Å². The SMILES string of the molecule is CCCCCOC(=O)C[Si](Cl)(Cl)Cl. The average Bonchev–Trinajstić information content (AvgIpc) is 1.94. The summed E-state index contributed by atoms with van der Waals surface area (Å²) in [5.41, 5.74) is 0. The summed E-state index contributed by atoms with van der Waals surface area (Å²) in [6.45, 7) is 2.51. The van der Waals surface area contributed by atoms with Crippen LogP contribution < -0.4 is 0 Å². The van der Waals surface area contributed by atoms with E-state index >= 15 is 0 Å². The molecule has 0 aliphatic heterocycles. The monoisotopic (exact) mass is 262 g/mol. The highest BCUT2D eigenvalue weighted by Gasteiger charge is 2.29. The second kappa shape index (κ2) is 6.93. The zero-order valence-electron chi connectivity index (χ0n) is 7.49. The molecule has 0 unspecified atom stereocenters. The first-order chi connectivity index (χ1) is 5.95. The first-order valence-electron chi connectivity index (χ1n) is 4.18. The molecule has 0 aromatic rings. The maximum Gasteiger partial charge on any atom is 0.352 e. The van der Waals surface area contributed by atoms with Crippen LogP contribution in [0.2, 0.25) is 6.04 Å². The minimum Gasteiger partial charge on any atom is -0.466 e. The van der Waals surface area contributed by atoms with E-state index in [2.05, 4.69) is 6.92 Å². The molecule has 13 heavy (non-hydrogen) atoms. The molecule has 0 aromatic heterocycles. The van der Waals surface area contributed by atoms with E-state index in [0.29, 0.717) is 6.61 Å². The van der Waals surface area contributed by atoms with Gasteiger partial charge in [-0.25, -0.2) is 0 Å². The van der Waals surface area contributed by atoms with Crippen molar-refractivity contribution in [3.8, 4) is 0 Å². The van der Waals surface area contributed by atoms with Crippen LogP contribution in [0.3, 0.4) is 0 Å². The summed E-state index contributed by atoms with van der Waals surface area (Å²) in [6.07, 6.45) is 3.03. The van der Waals surface area contributed by atoms with Crippen LogP contribution in [0.4, 0.5) is 0 Å². The van der Waals surface area contributed by atoms with E-state index < -0.39 is 12.0 Å². The number of hydrogen-bond donors (Lipinski definition) is 0. The lowest BCUT2D eigenvalue weighted by molar-refractivity contribution is -0.141. The quantitative estimate of drug-likeness (QED) is 0.318. The topological polar surface area (TPSA) is 26.3 Å². The molecule has 0 aromatic carbocycles. The molecular weight excluding hydrogens is 251 g/mol. The van der Waals surface area contributed by atoms with Gasteiger partial charge in [0.25, 0.3) is 0 Å². The average molecular weight is 264 g/mol. The standard InChI is InChI=1S/C7H13Cl3O2Si/c1-2-3-4-5-12-7(11)6-13(8,9)10/h2-6H2,1H3. The molecule has 0 aliphatic carbocycles. The van der Waals surface area contributed by atoms with Gasteiger partial charge in [-0.3, -0.25) is 4.79 Å². The van der Waals surface area contributed by atoms with E-state index in [1.165, 1.54) is 0 Å². The Morgan fingerprint density at radius 1 is 1.31 bits per heavy atom. The highest BCUT2D eigenvalue weighted by atomic mass is 35.8. The Morgan fingerprint density at radius 3 is 2.38 bits per heavy atom. The Morgan fingerprint density at radius 2 is 1.92 bits per heavy atom. The van der Waals surface area contributed by atoms with Crippen LogP contribution in [0.15, 0.2) is 0 Å². The van der Waals surface area contributed by atoms with Crippen molar-refractivity contribution in [1.82, 2.24) is 0 Å². The lowest BCUT2D eigenvalue weighted by atomic mass is 10.3.